The summed E-state index contributed by atoms with van der Waals surface area (Å²) < 4.78 is 0. The van der Waals surface area contributed by atoms with Crippen LogP contribution < -0.4 is 0 Å². The minimum absolute atomic E-state index is 0. The molecule has 0 spiro atoms. The van der Waals surface area contributed by atoms with Gasteiger partial charge >= 0.3 is 38.2 Å². The van der Waals surface area contributed by atoms with Gasteiger partial charge in [-0.25, -0.2) is 0 Å². The summed E-state index contributed by atoms with van der Waals surface area (Å²) in [6.45, 7) is 8.09. The van der Waals surface area contributed by atoms with Crippen LogP contribution in [0.4, 0.5) is 0 Å². The van der Waals surface area contributed by atoms with Crippen LogP contribution in [0.25, 0.3) is 0 Å². The Bertz CT molecular complexity index is 314. The van der Waals surface area contributed by atoms with Gasteiger partial charge in [0.2, 0.25) is 0 Å². The molecule has 0 atom stereocenters. The summed E-state index contributed by atoms with van der Waals surface area (Å²) in [6, 6.07) is 0. The number of hydrogen-bond acceptors (Lipinski definition) is 6. The summed E-state index contributed by atoms with van der Waals surface area (Å²) in [5.74, 6) is -1.12. The average molecular weight is 460 g/mol. The SMILES string of the molecule is CC(=O)[CH-]C(C)=O.CC(=O)[CH-]C(C)=O.CC(=O)[CH-]C(C)=O.[Dy+3]. The van der Waals surface area contributed by atoms with Gasteiger partial charge in [-0.2, -0.15) is 0 Å². The van der Waals surface area contributed by atoms with Gasteiger partial charge in [-0.15, -0.1) is 0 Å². The van der Waals surface area contributed by atoms with Gasteiger partial charge in [-0.3, -0.25) is 19.3 Å². The van der Waals surface area contributed by atoms with Gasteiger partial charge in [0.05, 0.1) is 0 Å². The third kappa shape index (κ3) is 51.0. The molecule has 0 aliphatic rings. The first-order valence-electron chi connectivity index (χ1n) is 5.96. The van der Waals surface area contributed by atoms with Crippen LogP contribution >= 0.6 is 0 Å². The van der Waals surface area contributed by atoms with Crippen molar-refractivity contribution >= 4 is 34.7 Å². The molecular formula is C15H21DyO6. The molecule has 0 saturated carbocycles. The summed E-state index contributed by atoms with van der Waals surface area (Å²) in [6.07, 6.45) is 3.17. The Labute approximate surface area is 161 Å². The first kappa shape index (κ1) is 29.0. The van der Waals surface area contributed by atoms with Gasteiger partial charge < -0.3 is 28.8 Å². The maximum atomic E-state index is 9.98. The van der Waals surface area contributed by atoms with E-state index < -0.39 is 0 Å². The van der Waals surface area contributed by atoms with E-state index in [1.165, 1.54) is 41.5 Å². The van der Waals surface area contributed by atoms with E-state index in [-0.39, 0.29) is 72.9 Å². The van der Waals surface area contributed by atoms with Crippen molar-refractivity contribution in [1.82, 2.24) is 0 Å². The van der Waals surface area contributed by atoms with Crippen molar-refractivity contribution < 1.29 is 66.9 Å². The Morgan fingerprint density at radius 2 is 0.500 bits per heavy atom. The number of carbonyl (C=O) groups is 6. The second kappa shape index (κ2) is 18.0. The van der Waals surface area contributed by atoms with E-state index in [1.54, 1.807) is 0 Å². The second-order valence-electron chi connectivity index (χ2n) is 4.10. The molecule has 0 aromatic heterocycles. The van der Waals surface area contributed by atoms with Crippen LogP contribution in [0, 0.1) is 57.4 Å². The standard InChI is InChI=1S/3C5H7O2.Dy/c3*1-4(6)3-5(2)7;/h3*3H,1-2H3;/q3*-1;+3. The molecule has 7 heteroatoms. The van der Waals surface area contributed by atoms with Gasteiger partial charge in [0.1, 0.15) is 0 Å². The molecule has 0 aliphatic heterocycles. The number of Topliss-reactive ketones (excluding diaryl/α,β-unsaturated/α-hetero) is 6. The number of hydrogen-bond donors (Lipinski definition) is 0. The topological polar surface area (TPSA) is 102 Å². The van der Waals surface area contributed by atoms with E-state index in [2.05, 4.69) is 0 Å². The number of ketones is 6. The quantitative estimate of drug-likeness (QED) is 0.435. The molecule has 0 N–H and O–H groups in total. The van der Waals surface area contributed by atoms with Gasteiger partial charge in [-0.05, 0) is 41.5 Å². The molecule has 22 heavy (non-hydrogen) atoms. The fourth-order valence-corrected chi connectivity index (χ4v) is 0.859. The molecule has 0 rings (SSSR count). The molecule has 0 aliphatic carbocycles. The molecule has 0 bridgehead atoms. The van der Waals surface area contributed by atoms with Crippen LogP contribution in [-0.4, -0.2) is 34.7 Å². The maximum Gasteiger partial charge on any atom is 3.00 e. The van der Waals surface area contributed by atoms with Crippen LogP contribution in [-0.2, 0) is 28.8 Å². The molecular weight excluding hydrogens is 439 g/mol. The zero-order chi connectivity index (χ0) is 17.6. The smallest absolute Gasteiger partial charge is 0.334 e. The molecule has 0 fully saturated rings. The third-order valence-electron chi connectivity index (χ3n) is 1.22. The fraction of sp³-hybridized carbons (Fsp3) is 0.400. The first-order chi connectivity index (χ1) is 9.38. The Morgan fingerprint density at radius 3 is 0.500 bits per heavy atom. The maximum absolute atomic E-state index is 9.98. The van der Waals surface area contributed by atoms with E-state index in [0.29, 0.717) is 0 Å². The monoisotopic (exact) mass is 461 g/mol. The zero-order valence-corrected chi connectivity index (χ0v) is 15.5. The zero-order valence-electron chi connectivity index (χ0n) is 13.5. The van der Waals surface area contributed by atoms with Crippen LogP contribution in [0.5, 0.6) is 0 Å². The van der Waals surface area contributed by atoms with Crippen molar-refractivity contribution in [2.45, 2.75) is 41.5 Å². The van der Waals surface area contributed by atoms with E-state index >= 15 is 0 Å². The molecule has 0 aromatic carbocycles. The van der Waals surface area contributed by atoms with Gasteiger partial charge in [0.15, 0.2) is 0 Å². The number of rotatable bonds is 6. The number of carbonyl (C=O) groups excluding carboxylic acids is 6. The third-order valence-corrected chi connectivity index (χ3v) is 1.22. The van der Waals surface area contributed by atoms with Crippen LogP contribution in [0.15, 0.2) is 0 Å². The summed E-state index contributed by atoms with van der Waals surface area (Å²) in [7, 11) is 0. The average Bonchev–Trinajstić information content (AvgIpc) is 2.10. The second-order valence-corrected chi connectivity index (χ2v) is 4.10. The Kier molecular flexibility index (Phi) is 23.6. The van der Waals surface area contributed by atoms with Crippen molar-refractivity contribution in [3.05, 3.63) is 19.3 Å². The van der Waals surface area contributed by atoms with Gasteiger partial charge in [0, 0.05) is 34.7 Å². The minimum atomic E-state index is -0.187. The fourth-order valence-electron chi connectivity index (χ4n) is 0.859. The van der Waals surface area contributed by atoms with E-state index in [4.69, 9.17) is 0 Å². The summed E-state index contributed by atoms with van der Waals surface area (Å²) >= 11 is 0. The molecule has 0 saturated heterocycles. The van der Waals surface area contributed by atoms with E-state index in [9.17, 15) is 28.8 Å². The normalized spacial score (nSPS) is 7.36. The molecule has 0 heterocycles. The van der Waals surface area contributed by atoms with Crippen molar-refractivity contribution in [2.24, 2.45) is 0 Å². The van der Waals surface area contributed by atoms with Gasteiger partial charge in [-0.1, -0.05) is 0 Å². The molecule has 1 radical (unpaired) electrons. The predicted octanol–water partition coefficient (Wildman–Crippen LogP) is 1.11. The Balaban J connectivity index is -0.000000108. The van der Waals surface area contributed by atoms with Gasteiger partial charge in [0.25, 0.3) is 0 Å². The molecule has 0 aromatic rings. The summed E-state index contributed by atoms with van der Waals surface area (Å²) in [5.41, 5.74) is 0. The summed E-state index contributed by atoms with van der Waals surface area (Å²) in [5, 5.41) is 0. The van der Waals surface area contributed by atoms with Crippen molar-refractivity contribution in [2.75, 3.05) is 0 Å². The summed E-state index contributed by atoms with van der Waals surface area (Å²) in [4.78, 5) is 59.9. The molecule has 6 nitrogen and oxygen atoms in total. The largest absolute Gasteiger partial charge is 3.00 e. The Hall–Kier alpha value is -1.10. The predicted molar refractivity (Wildman–Crippen MR) is 77.0 cm³/mol. The molecule has 127 valence electrons. The van der Waals surface area contributed by atoms with Crippen LogP contribution in [0.2, 0.25) is 0 Å². The van der Waals surface area contributed by atoms with E-state index in [0.717, 1.165) is 19.3 Å². The van der Waals surface area contributed by atoms with Crippen molar-refractivity contribution in [1.29, 1.82) is 0 Å². The van der Waals surface area contributed by atoms with Crippen molar-refractivity contribution in [3.63, 3.8) is 0 Å². The van der Waals surface area contributed by atoms with Crippen LogP contribution in [0.1, 0.15) is 41.5 Å². The van der Waals surface area contributed by atoms with E-state index in [1.807, 2.05) is 0 Å². The molecule has 0 unspecified atom stereocenters. The molecule has 0 amide bonds. The van der Waals surface area contributed by atoms with Crippen LogP contribution in [0.3, 0.4) is 0 Å². The minimum Gasteiger partial charge on any atom is -0.334 e. The first-order valence-corrected chi connectivity index (χ1v) is 5.96. The van der Waals surface area contributed by atoms with Crippen molar-refractivity contribution in [3.8, 4) is 0 Å². The Morgan fingerprint density at radius 1 is 0.409 bits per heavy atom.